The molecular formula is C17H21Cl2I2N3O3S. The molecule has 1 saturated heterocycles. The number of piperazine rings is 1. The second-order valence-corrected chi connectivity index (χ2v) is 7.96. The van der Waals surface area contributed by atoms with E-state index in [-0.39, 0.29) is 10.6 Å². The number of sulfonamides is 1. The fraction of sp³-hybridized carbons (Fsp3) is 0.353. The Morgan fingerprint density at radius 1 is 1.07 bits per heavy atom. The molecule has 0 bridgehead atoms. The predicted octanol–water partition coefficient (Wildman–Crippen LogP) is 4.88. The van der Waals surface area contributed by atoms with E-state index in [2.05, 4.69) is 55.5 Å². The van der Waals surface area contributed by atoms with Crippen LogP contribution >= 0.6 is 68.4 Å². The van der Waals surface area contributed by atoms with Crippen LogP contribution in [0.5, 0.6) is 11.5 Å². The summed E-state index contributed by atoms with van der Waals surface area (Å²) >= 11 is 16.2. The molecule has 156 valence electrons. The molecule has 0 unspecified atom stereocenters. The molecule has 6 nitrogen and oxygen atoms in total. The molecule has 3 rings (SSSR count). The lowest BCUT2D eigenvalue weighted by molar-refractivity contribution is 0.358. The van der Waals surface area contributed by atoms with Gasteiger partial charge in [0.25, 0.3) is 0 Å². The van der Waals surface area contributed by atoms with Crippen molar-refractivity contribution in [3.05, 3.63) is 46.7 Å². The standard InChI is InChI=1S/C15H15Cl2N3O3S.2CH3I/c16-11-7-12(17)9-13(8-11)23-14-1-2-19-10-15(14)24(21,22)20-5-3-18-4-6-20;2*1-2/h1-2,7-10,18H,3-6H2;2*1H3. The van der Waals surface area contributed by atoms with Gasteiger partial charge in [-0.25, -0.2) is 8.42 Å². The lowest BCUT2D eigenvalue weighted by Crippen LogP contribution is -2.46. The maximum absolute atomic E-state index is 12.9. The first-order valence-corrected chi connectivity index (χ1v) is 14.5. The van der Waals surface area contributed by atoms with E-state index in [1.54, 1.807) is 18.2 Å². The number of hydrogen-bond donors (Lipinski definition) is 1. The average molecular weight is 672 g/mol. The highest BCUT2D eigenvalue weighted by Gasteiger charge is 2.29. The molecule has 0 amide bonds. The molecule has 0 radical (unpaired) electrons. The highest BCUT2D eigenvalue weighted by Crippen LogP contribution is 2.32. The third-order valence-corrected chi connectivity index (χ3v) is 5.85. The number of hydrogen-bond acceptors (Lipinski definition) is 5. The predicted molar refractivity (Wildman–Crippen MR) is 132 cm³/mol. The van der Waals surface area contributed by atoms with Gasteiger partial charge in [0.15, 0.2) is 5.75 Å². The number of alkyl halides is 2. The van der Waals surface area contributed by atoms with Crippen LogP contribution in [0.1, 0.15) is 0 Å². The van der Waals surface area contributed by atoms with Crippen molar-refractivity contribution in [3.8, 4) is 11.5 Å². The molecule has 0 aliphatic carbocycles. The van der Waals surface area contributed by atoms with Crippen molar-refractivity contribution < 1.29 is 13.2 Å². The molecule has 1 aromatic carbocycles. The van der Waals surface area contributed by atoms with Gasteiger partial charge in [0, 0.05) is 48.5 Å². The first-order chi connectivity index (χ1) is 13.5. The topological polar surface area (TPSA) is 71.5 Å². The van der Waals surface area contributed by atoms with Gasteiger partial charge in [-0.05, 0) is 28.1 Å². The number of pyridine rings is 1. The smallest absolute Gasteiger partial charge is 0.248 e. The summed E-state index contributed by atoms with van der Waals surface area (Å²) in [6, 6.07) is 6.20. The van der Waals surface area contributed by atoms with Crippen molar-refractivity contribution >= 4 is 78.4 Å². The molecule has 1 aliphatic rings. The van der Waals surface area contributed by atoms with Gasteiger partial charge < -0.3 is 10.1 Å². The van der Waals surface area contributed by atoms with E-state index in [1.807, 2.05) is 9.86 Å². The van der Waals surface area contributed by atoms with Crippen LogP contribution in [0.25, 0.3) is 0 Å². The van der Waals surface area contributed by atoms with Crippen LogP contribution in [0.4, 0.5) is 0 Å². The van der Waals surface area contributed by atoms with Crippen molar-refractivity contribution in [1.29, 1.82) is 0 Å². The Balaban J connectivity index is 0.000000921. The van der Waals surface area contributed by atoms with E-state index in [9.17, 15) is 8.42 Å². The molecule has 1 aromatic heterocycles. The molecule has 0 spiro atoms. The Kier molecular flexibility index (Phi) is 12.5. The van der Waals surface area contributed by atoms with E-state index in [0.717, 1.165) is 0 Å². The van der Waals surface area contributed by atoms with Crippen LogP contribution in [0.15, 0.2) is 41.6 Å². The fourth-order valence-corrected chi connectivity index (χ4v) is 4.39. The number of halogens is 4. The van der Waals surface area contributed by atoms with Crippen LogP contribution in [0.3, 0.4) is 0 Å². The Morgan fingerprint density at radius 2 is 1.64 bits per heavy atom. The van der Waals surface area contributed by atoms with E-state index >= 15 is 0 Å². The highest BCUT2D eigenvalue weighted by molar-refractivity contribution is 14.1. The summed E-state index contributed by atoms with van der Waals surface area (Å²) < 4.78 is 32.8. The van der Waals surface area contributed by atoms with Gasteiger partial charge in [-0.2, -0.15) is 4.31 Å². The summed E-state index contributed by atoms with van der Waals surface area (Å²) in [5, 5.41) is 3.92. The van der Waals surface area contributed by atoms with Crippen LogP contribution in [0.2, 0.25) is 10.0 Å². The highest BCUT2D eigenvalue weighted by atomic mass is 127. The van der Waals surface area contributed by atoms with E-state index in [1.165, 1.54) is 22.8 Å². The van der Waals surface area contributed by atoms with E-state index in [4.69, 9.17) is 27.9 Å². The fourth-order valence-electron chi connectivity index (χ4n) is 2.38. The van der Waals surface area contributed by atoms with Crippen LogP contribution in [-0.4, -0.2) is 53.7 Å². The Bertz CT molecular complexity index is 831. The molecule has 0 saturated carbocycles. The van der Waals surface area contributed by atoms with Gasteiger partial charge in [0.05, 0.1) is 6.20 Å². The van der Waals surface area contributed by atoms with Crippen molar-refractivity contribution in [2.45, 2.75) is 4.90 Å². The summed E-state index contributed by atoms with van der Waals surface area (Å²) in [7, 11) is -3.69. The zero-order valence-corrected chi connectivity index (χ0v) is 22.0. The maximum Gasteiger partial charge on any atom is 0.248 e. The molecule has 1 fully saturated rings. The molecule has 0 atom stereocenters. The summed E-state index contributed by atoms with van der Waals surface area (Å²) in [6.45, 7) is 2.03. The molecule has 1 N–H and O–H groups in total. The number of nitrogens with zero attached hydrogens (tertiary/aromatic N) is 2. The van der Waals surface area contributed by atoms with E-state index in [0.29, 0.717) is 42.0 Å². The zero-order valence-electron chi connectivity index (χ0n) is 15.3. The van der Waals surface area contributed by atoms with Crippen molar-refractivity contribution in [3.63, 3.8) is 0 Å². The van der Waals surface area contributed by atoms with Gasteiger partial charge in [0.1, 0.15) is 10.6 Å². The number of nitrogens with one attached hydrogen (secondary N) is 1. The van der Waals surface area contributed by atoms with Crippen molar-refractivity contribution in [1.82, 2.24) is 14.6 Å². The summed E-state index contributed by atoms with van der Waals surface area (Å²) in [5.74, 6) is 0.539. The minimum absolute atomic E-state index is 0.0167. The van der Waals surface area contributed by atoms with Gasteiger partial charge in [-0.3, -0.25) is 4.98 Å². The van der Waals surface area contributed by atoms with Crippen LogP contribution < -0.4 is 10.1 Å². The molecule has 2 aromatic rings. The van der Waals surface area contributed by atoms with Crippen molar-refractivity contribution in [2.75, 3.05) is 36.0 Å². The lowest BCUT2D eigenvalue weighted by atomic mass is 10.3. The minimum Gasteiger partial charge on any atom is -0.456 e. The SMILES string of the molecule is CI.CI.O=S(=O)(c1cnccc1Oc1cc(Cl)cc(Cl)c1)N1CCNCC1. The summed E-state index contributed by atoms with van der Waals surface area (Å²) in [6.07, 6.45) is 2.76. The second kappa shape index (κ2) is 13.4. The number of aromatic nitrogens is 1. The minimum atomic E-state index is -3.69. The second-order valence-electron chi connectivity index (χ2n) is 5.18. The van der Waals surface area contributed by atoms with E-state index < -0.39 is 10.0 Å². The Hall–Kier alpha value is 0.0800. The van der Waals surface area contributed by atoms with Gasteiger partial charge >= 0.3 is 0 Å². The summed E-state index contributed by atoms with van der Waals surface area (Å²) in [5.41, 5.74) is 0. The maximum atomic E-state index is 12.9. The van der Waals surface area contributed by atoms with Gasteiger partial charge in [-0.15, -0.1) is 0 Å². The Morgan fingerprint density at radius 3 is 2.21 bits per heavy atom. The largest absolute Gasteiger partial charge is 0.456 e. The quantitative estimate of drug-likeness (QED) is 0.371. The summed E-state index contributed by atoms with van der Waals surface area (Å²) in [4.78, 5) is 7.89. The first-order valence-electron chi connectivity index (χ1n) is 8.01. The van der Waals surface area contributed by atoms with Crippen molar-refractivity contribution in [2.24, 2.45) is 0 Å². The normalized spacial score (nSPS) is 14.2. The monoisotopic (exact) mass is 671 g/mol. The third kappa shape index (κ3) is 7.40. The zero-order chi connectivity index (χ0) is 21.2. The average Bonchev–Trinajstić information content (AvgIpc) is 2.71. The number of benzene rings is 1. The molecule has 28 heavy (non-hydrogen) atoms. The lowest BCUT2D eigenvalue weighted by Gasteiger charge is -2.27. The first kappa shape index (κ1) is 26.1. The molecule has 1 aliphatic heterocycles. The molecule has 11 heteroatoms. The number of ether oxygens (including phenoxy) is 1. The van der Waals surface area contributed by atoms with Gasteiger partial charge in [-0.1, -0.05) is 68.4 Å². The Labute approximate surface area is 203 Å². The third-order valence-electron chi connectivity index (χ3n) is 3.50. The molecular weight excluding hydrogens is 651 g/mol. The molecule has 2 heterocycles. The van der Waals surface area contributed by atoms with Gasteiger partial charge in [0.2, 0.25) is 10.0 Å². The van der Waals surface area contributed by atoms with Crippen LogP contribution in [-0.2, 0) is 10.0 Å². The van der Waals surface area contributed by atoms with Crippen LogP contribution in [0, 0.1) is 0 Å². The number of rotatable bonds is 4.